The van der Waals surface area contributed by atoms with Gasteiger partial charge in [0.1, 0.15) is 12.1 Å². The van der Waals surface area contributed by atoms with Crippen LogP contribution in [0.4, 0.5) is 0 Å². The monoisotopic (exact) mass is 436 g/mol. The highest BCUT2D eigenvalue weighted by Gasteiger charge is 2.49. The Morgan fingerprint density at radius 2 is 2.03 bits per heavy atom. The minimum absolute atomic E-state index is 0.00441. The first-order valence-corrected chi connectivity index (χ1v) is 10.9. The van der Waals surface area contributed by atoms with Crippen LogP contribution in [0.2, 0.25) is 0 Å². The second kappa shape index (κ2) is 9.99. The Bertz CT molecular complexity index is 663. The zero-order valence-corrected chi connectivity index (χ0v) is 18.0. The van der Waals surface area contributed by atoms with Gasteiger partial charge in [-0.15, -0.1) is 0 Å². The number of ether oxygens (including phenoxy) is 3. The normalized spacial score (nSPS) is 29.7. The highest BCUT2D eigenvalue weighted by Crippen LogP contribution is 2.53. The molecule has 0 aromatic carbocycles. The predicted molar refractivity (Wildman–Crippen MR) is 99.8 cm³/mol. The first-order chi connectivity index (χ1) is 13.6. The van der Waals surface area contributed by atoms with E-state index in [0.29, 0.717) is 19.6 Å². The molecule has 0 aromatic heterocycles. The maximum Gasteiger partial charge on any atom is 0.407 e. The maximum atomic E-state index is 13.0. The summed E-state index contributed by atoms with van der Waals surface area (Å²) in [5.41, 5.74) is -0.782. The molecule has 0 radical (unpaired) electrons. The Kier molecular flexibility index (Phi) is 8.18. The standard InChI is InChI=1S/C17H29N2O9P/c1-11(16(22)27-12-6-8-25-9-12)19-29(23)26-10-17(2,3)14(28-29)15(21)18-7-5-13(20)24-4/h11-12,14H,5-10H2,1-4H3,(H,18,21)(H,19,23)/t11-,12?,14-,29?/m0/s1. The molecule has 2 aliphatic rings. The van der Waals surface area contributed by atoms with E-state index in [4.69, 9.17) is 18.5 Å². The van der Waals surface area contributed by atoms with Crippen molar-refractivity contribution < 1.29 is 42.2 Å². The third-order valence-corrected chi connectivity index (χ3v) is 6.19. The Morgan fingerprint density at radius 1 is 1.31 bits per heavy atom. The number of nitrogens with one attached hydrogen (secondary N) is 2. The summed E-state index contributed by atoms with van der Waals surface area (Å²) in [4.78, 5) is 35.9. The van der Waals surface area contributed by atoms with Crippen LogP contribution in [0.1, 0.15) is 33.6 Å². The van der Waals surface area contributed by atoms with Gasteiger partial charge in [-0.3, -0.25) is 23.4 Å². The van der Waals surface area contributed by atoms with Crippen LogP contribution in [0.15, 0.2) is 0 Å². The topological polar surface area (TPSA) is 138 Å². The molecule has 2 N–H and O–H groups in total. The van der Waals surface area contributed by atoms with Gasteiger partial charge in [0.2, 0.25) is 5.91 Å². The summed E-state index contributed by atoms with van der Waals surface area (Å²) in [6.45, 7) is 5.77. The fourth-order valence-electron chi connectivity index (χ4n) is 2.75. The Hall–Kier alpha value is -1.52. The number of carbonyl (C=O) groups excluding carboxylic acids is 3. The Labute approximate surface area is 169 Å². The summed E-state index contributed by atoms with van der Waals surface area (Å²) in [7, 11) is -2.70. The molecule has 11 nitrogen and oxygen atoms in total. The van der Waals surface area contributed by atoms with Gasteiger partial charge in [0.25, 0.3) is 0 Å². The van der Waals surface area contributed by atoms with Crippen molar-refractivity contribution in [2.45, 2.75) is 51.9 Å². The summed E-state index contributed by atoms with van der Waals surface area (Å²) in [6.07, 6.45) is -0.854. The van der Waals surface area contributed by atoms with Crippen molar-refractivity contribution in [2.24, 2.45) is 5.41 Å². The maximum absolute atomic E-state index is 13.0. The van der Waals surface area contributed by atoms with Crippen LogP contribution in [-0.4, -0.2) is 69.6 Å². The molecule has 166 valence electrons. The largest absolute Gasteiger partial charge is 0.469 e. The van der Waals surface area contributed by atoms with E-state index in [1.807, 2.05) is 0 Å². The van der Waals surface area contributed by atoms with Gasteiger partial charge in [0.15, 0.2) is 6.10 Å². The summed E-state index contributed by atoms with van der Waals surface area (Å²) < 4.78 is 38.8. The molecule has 2 unspecified atom stereocenters. The molecule has 0 aliphatic carbocycles. The summed E-state index contributed by atoms with van der Waals surface area (Å²) in [5.74, 6) is -1.63. The highest BCUT2D eigenvalue weighted by molar-refractivity contribution is 7.51. The summed E-state index contributed by atoms with van der Waals surface area (Å²) in [6, 6.07) is -0.981. The number of esters is 2. The van der Waals surface area contributed by atoms with E-state index in [0.717, 1.165) is 0 Å². The molecule has 12 heteroatoms. The van der Waals surface area contributed by atoms with E-state index in [1.165, 1.54) is 14.0 Å². The van der Waals surface area contributed by atoms with Gasteiger partial charge in [0, 0.05) is 18.4 Å². The average Bonchev–Trinajstić information content (AvgIpc) is 3.16. The quantitative estimate of drug-likeness (QED) is 0.409. The van der Waals surface area contributed by atoms with Gasteiger partial charge in [-0.05, 0) is 6.92 Å². The number of amides is 1. The highest BCUT2D eigenvalue weighted by atomic mass is 31.2. The van der Waals surface area contributed by atoms with Crippen molar-refractivity contribution in [3.63, 3.8) is 0 Å². The van der Waals surface area contributed by atoms with Crippen molar-refractivity contribution in [1.29, 1.82) is 0 Å². The lowest BCUT2D eigenvalue weighted by Crippen LogP contribution is -2.51. The molecule has 2 fully saturated rings. The second-order valence-electron chi connectivity index (χ2n) is 7.64. The van der Waals surface area contributed by atoms with Crippen LogP contribution in [0, 0.1) is 5.41 Å². The van der Waals surface area contributed by atoms with Crippen LogP contribution in [0.3, 0.4) is 0 Å². The van der Waals surface area contributed by atoms with Gasteiger partial charge < -0.3 is 19.5 Å². The lowest BCUT2D eigenvalue weighted by Gasteiger charge is -2.40. The lowest BCUT2D eigenvalue weighted by atomic mass is 9.87. The summed E-state index contributed by atoms with van der Waals surface area (Å²) in [5, 5.41) is 5.08. The molecule has 0 aromatic rings. The molecule has 1 amide bonds. The van der Waals surface area contributed by atoms with Gasteiger partial charge >= 0.3 is 19.7 Å². The molecule has 29 heavy (non-hydrogen) atoms. The van der Waals surface area contributed by atoms with Gasteiger partial charge in [-0.25, -0.2) is 9.65 Å². The van der Waals surface area contributed by atoms with Crippen molar-refractivity contribution in [3.8, 4) is 0 Å². The van der Waals surface area contributed by atoms with E-state index in [1.54, 1.807) is 13.8 Å². The van der Waals surface area contributed by atoms with Crippen LogP contribution in [-0.2, 0) is 42.2 Å². The molecule has 4 atom stereocenters. The second-order valence-corrected chi connectivity index (χ2v) is 9.36. The third-order valence-electron chi connectivity index (χ3n) is 4.53. The Morgan fingerprint density at radius 3 is 2.66 bits per heavy atom. The lowest BCUT2D eigenvalue weighted by molar-refractivity contribution is -0.151. The SMILES string of the molecule is COC(=O)CCNC(=O)[C@@H]1OP(=O)(N[C@@H](C)C(=O)OC2CCOC2)OCC1(C)C. The zero-order valence-electron chi connectivity index (χ0n) is 17.1. The number of hydrogen-bond donors (Lipinski definition) is 2. The number of rotatable bonds is 8. The average molecular weight is 436 g/mol. The van der Waals surface area contributed by atoms with Gasteiger partial charge in [0.05, 0.1) is 33.4 Å². The van der Waals surface area contributed by atoms with E-state index in [2.05, 4.69) is 15.1 Å². The third kappa shape index (κ3) is 6.75. The molecule has 2 rings (SSSR count). The predicted octanol–water partition coefficient (Wildman–Crippen LogP) is 0.526. The van der Waals surface area contributed by atoms with E-state index < -0.39 is 43.2 Å². The fourth-order valence-corrected chi connectivity index (χ4v) is 4.69. The van der Waals surface area contributed by atoms with Crippen LogP contribution in [0.5, 0.6) is 0 Å². The van der Waals surface area contributed by atoms with Crippen LogP contribution < -0.4 is 10.4 Å². The first kappa shape index (κ1) is 23.8. The van der Waals surface area contributed by atoms with Crippen molar-refractivity contribution in [2.75, 3.05) is 33.5 Å². The minimum atomic E-state index is -3.95. The van der Waals surface area contributed by atoms with Crippen molar-refractivity contribution in [3.05, 3.63) is 0 Å². The molecule has 2 aliphatic heterocycles. The zero-order chi connectivity index (χ0) is 21.7. The van der Waals surface area contributed by atoms with Gasteiger partial charge in [-0.2, -0.15) is 0 Å². The fraction of sp³-hybridized carbons (Fsp3) is 0.824. The Balaban J connectivity index is 1.94. The van der Waals surface area contributed by atoms with Crippen molar-refractivity contribution in [1.82, 2.24) is 10.4 Å². The van der Waals surface area contributed by atoms with E-state index >= 15 is 0 Å². The van der Waals surface area contributed by atoms with Crippen LogP contribution >= 0.6 is 7.75 Å². The molecule has 2 heterocycles. The molecule has 0 saturated carbocycles. The smallest absolute Gasteiger partial charge is 0.407 e. The van der Waals surface area contributed by atoms with E-state index in [9.17, 15) is 18.9 Å². The van der Waals surface area contributed by atoms with Crippen molar-refractivity contribution >= 4 is 25.6 Å². The number of hydrogen-bond acceptors (Lipinski definition) is 9. The number of carbonyl (C=O) groups is 3. The minimum Gasteiger partial charge on any atom is -0.469 e. The molecule has 0 spiro atoms. The van der Waals surface area contributed by atoms with E-state index in [-0.39, 0.29) is 25.7 Å². The molecular formula is C17H29N2O9P. The molecule has 0 bridgehead atoms. The number of methoxy groups -OCH3 is 1. The summed E-state index contributed by atoms with van der Waals surface area (Å²) >= 11 is 0. The first-order valence-electron chi connectivity index (χ1n) is 9.40. The molecular weight excluding hydrogens is 407 g/mol. The van der Waals surface area contributed by atoms with Gasteiger partial charge in [-0.1, -0.05) is 13.8 Å². The molecule has 2 saturated heterocycles. The van der Waals surface area contributed by atoms with Crippen LogP contribution in [0.25, 0.3) is 0 Å².